The van der Waals surface area contributed by atoms with Gasteiger partial charge in [-0.3, -0.25) is 9.59 Å². The van der Waals surface area contributed by atoms with Gasteiger partial charge in [-0.15, -0.1) is 0 Å². The predicted molar refractivity (Wildman–Crippen MR) is 45.5 cm³/mol. The molecule has 1 aromatic carbocycles. The summed E-state index contributed by atoms with van der Waals surface area (Å²) < 4.78 is 0. The van der Waals surface area contributed by atoms with Gasteiger partial charge in [0, 0.05) is 12.5 Å². The van der Waals surface area contributed by atoms with Crippen molar-refractivity contribution in [2.45, 2.75) is 6.92 Å². The maximum atomic E-state index is 10.6. The van der Waals surface area contributed by atoms with Gasteiger partial charge in [-0.1, -0.05) is 12.1 Å². The Hall–Kier alpha value is -1.64. The number of benzene rings is 1. The molecule has 0 unspecified atom stereocenters. The first-order valence-corrected chi connectivity index (χ1v) is 3.49. The first-order valence-electron chi connectivity index (χ1n) is 3.49. The molecule has 61 valence electrons. The molecule has 0 saturated carbocycles. The summed E-state index contributed by atoms with van der Waals surface area (Å²) in [5, 5.41) is 2.52. The lowest BCUT2D eigenvalue weighted by Gasteiger charge is -2.02. The van der Waals surface area contributed by atoms with Crippen molar-refractivity contribution >= 4 is 17.9 Å². The highest BCUT2D eigenvalue weighted by Gasteiger charge is 2.01. The van der Waals surface area contributed by atoms with Gasteiger partial charge < -0.3 is 5.32 Å². The van der Waals surface area contributed by atoms with E-state index in [4.69, 9.17) is 0 Å². The smallest absolute Gasteiger partial charge is 0.235 e. The molecule has 0 fully saturated rings. The first kappa shape index (κ1) is 8.46. The summed E-state index contributed by atoms with van der Waals surface area (Å²) in [6.45, 7) is 1.39. The normalized spacial score (nSPS) is 9.08. The largest absolute Gasteiger partial charge is 0.326 e. The van der Waals surface area contributed by atoms with Crippen LogP contribution in [0.5, 0.6) is 0 Å². The van der Waals surface area contributed by atoms with Gasteiger partial charge in [0.2, 0.25) is 12.2 Å². The molecule has 0 aliphatic rings. The van der Waals surface area contributed by atoms with Crippen molar-refractivity contribution in [2.75, 3.05) is 5.32 Å². The number of nitrogens with one attached hydrogen (secondary N) is 1. The van der Waals surface area contributed by atoms with Crippen LogP contribution in [0.3, 0.4) is 0 Å². The number of hydrogen-bond acceptors (Lipinski definition) is 2. The second-order valence-electron chi connectivity index (χ2n) is 2.33. The number of carbonyl (C=O) groups is 1. The van der Waals surface area contributed by atoms with Gasteiger partial charge in [0.1, 0.15) is 0 Å². The van der Waals surface area contributed by atoms with Crippen LogP contribution in [0.2, 0.25) is 0 Å². The zero-order valence-electron chi connectivity index (χ0n) is 6.63. The third-order valence-corrected chi connectivity index (χ3v) is 1.35. The number of hydrogen-bond donors (Lipinski definition) is 1. The van der Waals surface area contributed by atoms with E-state index in [0.29, 0.717) is 11.3 Å². The lowest BCUT2D eigenvalue weighted by Crippen LogP contribution is -2.07. The molecule has 0 saturated heterocycles. The zero-order chi connectivity index (χ0) is 8.97. The summed E-state index contributed by atoms with van der Waals surface area (Å²) in [6, 6.07) is 6.71. The molecule has 0 heterocycles. The molecule has 3 nitrogen and oxygen atoms in total. The Balaban J connectivity index is 2.96. The Morgan fingerprint density at radius 3 is 2.67 bits per heavy atom. The highest BCUT2D eigenvalue weighted by molar-refractivity contribution is 5.95. The average Bonchev–Trinajstić information content (AvgIpc) is 2.04. The van der Waals surface area contributed by atoms with Crippen molar-refractivity contribution in [3.8, 4) is 0 Å². The molecule has 0 aliphatic carbocycles. The van der Waals surface area contributed by atoms with Gasteiger partial charge in [-0.2, -0.15) is 0 Å². The molecule has 0 aromatic heterocycles. The van der Waals surface area contributed by atoms with Crippen LogP contribution in [-0.4, -0.2) is 12.2 Å². The Kier molecular flexibility index (Phi) is 2.58. The van der Waals surface area contributed by atoms with E-state index in [2.05, 4.69) is 5.32 Å². The molecule has 1 N–H and O–H groups in total. The van der Waals surface area contributed by atoms with Crippen molar-refractivity contribution in [3.05, 3.63) is 29.8 Å². The minimum absolute atomic E-state index is 0.197. The SMILES string of the molecule is CC(=O)Nc1ccccc1[C]=O. The van der Waals surface area contributed by atoms with Gasteiger partial charge in [0.15, 0.2) is 0 Å². The fourth-order valence-corrected chi connectivity index (χ4v) is 0.871. The van der Waals surface area contributed by atoms with E-state index >= 15 is 0 Å². The summed E-state index contributed by atoms with van der Waals surface area (Å²) in [7, 11) is 0. The molecule has 3 heteroatoms. The maximum Gasteiger partial charge on any atom is 0.235 e. The number of rotatable bonds is 2. The van der Waals surface area contributed by atoms with E-state index in [9.17, 15) is 9.59 Å². The van der Waals surface area contributed by atoms with Crippen LogP contribution in [0.15, 0.2) is 24.3 Å². The minimum atomic E-state index is -0.197. The van der Waals surface area contributed by atoms with Crippen LogP contribution in [0, 0.1) is 0 Å². The van der Waals surface area contributed by atoms with Gasteiger partial charge in [0.05, 0.1) is 5.69 Å². The van der Waals surface area contributed by atoms with E-state index in [1.165, 1.54) is 6.92 Å². The lowest BCUT2D eigenvalue weighted by molar-refractivity contribution is -0.114. The van der Waals surface area contributed by atoms with E-state index < -0.39 is 0 Å². The van der Waals surface area contributed by atoms with E-state index in [1.54, 1.807) is 30.6 Å². The monoisotopic (exact) mass is 162 g/mol. The highest BCUT2D eigenvalue weighted by Crippen LogP contribution is 2.11. The molecule has 1 rings (SSSR count). The van der Waals surface area contributed by atoms with Gasteiger partial charge in [0.25, 0.3) is 0 Å². The van der Waals surface area contributed by atoms with Crippen molar-refractivity contribution in [3.63, 3.8) is 0 Å². The summed E-state index contributed by atoms with van der Waals surface area (Å²) in [4.78, 5) is 21.0. The van der Waals surface area contributed by atoms with Crippen LogP contribution < -0.4 is 5.32 Å². The molecule has 0 bridgehead atoms. The Morgan fingerprint density at radius 2 is 2.08 bits per heavy atom. The van der Waals surface area contributed by atoms with E-state index in [0.717, 1.165) is 0 Å². The number of amides is 1. The molecule has 1 radical (unpaired) electrons. The molecule has 1 aromatic rings. The van der Waals surface area contributed by atoms with Crippen molar-refractivity contribution in [2.24, 2.45) is 0 Å². The third-order valence-electron chi connectivity index (χ3n) is 1.35. The number of carbonyl (C=O) groups excluding carboxylic acids is 2. The van der Waals surface area contributed by atoms with Crippen molar-refractivity contribution < 1.29 is 9.59 Å². The molecular weight excluding hydrogens is 154 g/mol. The second-order valence-corrected chi connectivity index (χ2v) is 2.33. The Labute approximate surface area is 70.4 Å². The van der Waals surface area contributed by atoms with Crippen LogP contribution >= 0.6 is 0 Å². The lowest BCUT2D eigenvalue weighted by atomic mass is 10.2. The summed E-state index contributed by atoms with van der Waals surface area (Å²) in [5.74, 6) is -0.197. The van der Waals surface area contributed by atoms with Crippen LogP contribution in [-0.2, 0) is 9.59 Å². The number of para-hydroxylation sites is 1. The van der Waals surface area contributed by atoms with E-state index in [-0.39, 0.29) is 5.91 Å². The maximum absolute atomic E-state index is 10.6. The minimum Gasteiger partial charge on any atom is -0.326 e. The highest BCUT2D eigenvalue weighted by atomic mass is 16.1. The molecule has 0 aliphatic heterocycles. The molecular formula is C9H8NO2. The fraction of sp³-hybridized carbons (Fsp3) is 0.111. The molecule has 0 atom stereocenters. The summed E-state index contributed by atoms with van der Waals surface area (Å²) >= 11 is 0. The van der Waals surface area contributed by atoms with Crippen molar-refractivity contribution in [1.82, 2.24) is 0 Å². The van der Waals surface area contributed by atoms with Gasteiger partial charge in [-0.05, 0) is 12.1 Å². The molecule has 0 spiro atoms. The van der Waals surface area contributed by atoms with Crippen LogP contribution in [0.1, 0.15) is 12.5 Å². The number of anilines is 1. The molecule has 12 heavy (non-hydrogen) atoms. The second kappa shape index (κ2) is 3.67. The summed E-state index contributed by atoms with van der Waals surface area (Å²) in [6.07, 6.45) is 1.74. The predicted octanol–water partition coefficient (Wildman–Crippen LogP) is 1.10. The average molecular weight is 162 g/mol. The topological polar surface area (TPSA) is 46.2 Å². The summed E-state index contributed by atoms with van der Waals surface area (Å²) in [5.41, 5.74) is 0.868. The van der Waals surface area contributed by atoms with Crippen LogP contribution in [0.25, 0.3) is 0 Å². The van der Waals surface area contributed by atoms with Gasteiger partial charge in [-0.25, -0.2) is 0 Å². The Bertz CT molecular complexity index is 307. The first-order chi connectivity index (χ1) is 5.74. The quantitative estimate of drug-likeness (QED) is 0.707. The standard InChI is InChI=1S/C9H8NO2/c1-7(12)10-9-5-3-2-4-8(9)6-11/h2-5H,1H3,(H,10,12). The zero-order valence-corrected chi connectivity index (χ0v) is 6.63. The Morgan fingerprint density at radius 1 is 1.42 bits per heavy atom. The van der Waals surface area contributed by atoms with Crippen LogP contribution in [0.4, 0.5) is 5.69 Å². The van der Waals surface area contributed by atoms with Crippen molar-refractivity contribution in [1.29, 1.82) is 0 Å². The van der Waals surface area contributed by atoms with Gasteiger partial charge >= 0.3 is 0 Å². The fourth-order valence-electron chi connectivity index (χ4n) is 0.871. The molecule has 1 amide bonds. The third kappa shape index (κ3) is 1.92. The van der Waals surface area contributed by atoms with E-state index in [1.807, 2.05) is 0 Å².